The summed E-state index contributed by atoms with van der Waals surface area (Å²) in [6.45, 7) is 2.95. The molecule has 0 bridgehead atoms. The highest BCUT2D eigenvalue weighted by Crippen LogP contribution is 2.12. The third kappa shape index (κ3) is 6.83. The average molecular weight is 440 g/mol. The molecule has 0 amide bonds. The number of benzene rings is 1. The van der Waals surface area contributed by atoms with E-state index in [0.717, 1.165) is 5.56 Å². The number of rotatable bonds is 5. The standard InChI is InChI=1S/C15H22ClN3O2.HI/c1-11(14(20)21-4)9-18-15(17-2)19(3)10-12-6-5-7-13(16)8-12;/h5-8,11H,9-10H2,1-4H3,(H,17,18);1H. The summed E-state index contributed by atoms with van der Waals surface area (Å²) in [6, 6.07) is 7.69. The van der Waals surface area contributed by atoms with E-state index in [1.807, 2.05) is 43.1 Å². The van der Waals surface area contributed by atoms with E-state index >= 15 is 0 Å². The van der Waals surface area contributed by atoms with Gasteiger partial charge < -0.3 is 15.0 Å². The van der Waals surface area contributed by atoms with Crippen molar-refractivity contribution in [1.82, 2.24) is 10.2 Å². The van der Waals surface area contributed by atoms with E-state index in [2.05, 4.69) is 10.3 Å². The first-order valence-corrected chi connectivity index (χ1v) is 7.09. The Kier molecular flexibility index (Phi) is 10.2. The first-order chi connectivity index (χ1) is 9.97. The Bertz CT molecular complexity index is 511. The van der Waals surface area contributed by atoms with Crippen molar-refractivity contribution < 1.29 is 9.53 Å². The van der Waals surface area contributed by atoms with E-state index in [4.69, 9.17) is 16.3 Å². The van der Waals surface area contributed by atoms with Gasteiger partial charge in [0.15, 0.2) is 5.96 Å². The number of nitrogens with zero attached hydrogens (tertiary/aromatic N) is 2. The molecule has 1 aromatic rings. The zero-order chi connectivity index (χ0) is 15.8. The van der Waals surface area contributed by atoms with Crippen LogP contribution in [0.15, 0.2) is 29.3 Å². The Morgan fingerprint density at radius 1 is 1.50 bits per heavy atom. The molecule has 0 aliphatic heterocycles. The third-order valence-electron chi connectivity index (χ3n) is 3.05. The van der Waals surface area contributed by atoms with Crippen molar-refractivity contribution in [3.63, 3.8) is 0 Å². The SMILES string of the molecule is CN=C(NCC(C)C(=O)OC)N(C)Cc1cccc(Cl)c1.I. The number of methoxy groups -OCH3 is 1. The van der Waals surface area contributed by atoms with Gasteiger partial charge in [0.1, 0.15) is 0 Å². The lowest BCUT2D eigenvalue weighted by Gasteiger charge is -2.23. The quantitative estimate of drug-likeness (QED) is 0.332. The molecule has 0 saturated heterocycles. The first-order valence-electron chi connectivity index (χ1n) is 6.72. The fraction of sp³-hybridized carbons (Fsp3) is 0.467. The van der Waals surface area contributed by atoms with Crippen LogP contribution in [0, 0.1) is 5.92 Å². The minimum Gasteiger partial charge on any atom is -0.469 e. The molecule has 22 heavy (non-hydrogen) atoms. The fourth-order valence-electron chi connectivity index (χ4n) is 1.90. The summed E-state index contributed by atoms with van der Waals surface area (Å²) in [5, 5.41) is 3.87. The van der Waals surface area contributed by atoms with Gasteiger partial charge in [-0.25, -0.2) is 0 Å². The van der Waals surface area contributed by atoms with E-state index in [1.54, 1.807) is 7.05 Å². The molecule has 0 spiro atoms. The molecule has 1 unspecified atom stereocenters. The molecule has 1 atom stereocenters. The van der Waals surface area contributed by atoms with E-state index in [9.17, 15) is 4.79 Å². The maximum Gasteiger partial charge on any atom is 0.310 e. The van der Waals surface area contributed by atoms with Crippen molar-refractivity contribution in [2.75, 3.05) is 27.7 Å². The second-order valence-electron chi connectivity index (χ2n) is 4.84. The molecule has 7 heteroatoms. The second kappa shape index (κ2) is 10.7. The molecule has 0 heterocycles. The molecular formula is C15H23ClIN3O2. The van der Waals surface area contributed by atoms with Crippen molar-refractivity contribution in [1.29, 1.82) is 0 Å². The van der Waals surface area contributed by atoms with Gasteiger partial charge in [0.05, 0.1) is 13.0 Å². The van der Waals surface area contributed by atoms with Crippen LogP contribution in [0.3, 0.4) is 0 Å². The van der Waals surface area contributed by atoms with Crippen LogP contribution in [0.4, 0.5) is 0 Å². The minimum atomic E-state index is -0.240. The number of esters is 1. The lowest BCUT2D eigenvalue weighted by Crippen LogP contribution is -2.41. The molecule has 124 valence electrons. The summed E-state index contributed by atoms with van der Waals surface area (Å²) < 4.78 is 4.70. The van der Waals surface area contributed by atoms with Crippen LogP contribution in [-0.2, 0) is 16.1 Å². The summed E-state index contributed by atoms with van der Waals surface area (Å²) in [5.74, 6) is 0.243. The third-order valence-corrected chi connectivity index (χ3v) is 3.29. The van der Waals surface area contributed by atoms with Crippen LogP contribution >= 0.6 is 35.6 Å². The van der Waals surface area contributed by atoms with Crippen LogP contribution in [-0.4, -0.2) is 44.6 Å². The Labute approximate surface area is 154 Å². The summed E-state index contributed by atoms with van der Waals surface area (Å²) in [5.41, 5.74) is 1.09. The lowest BCUT2D eigenvalue weighted by atomic mass is 10.2. The monoisotopic (exact) mass is 439 g/mol. The van der Waals surface area contributed by atoms with Crippen LogP contribution in [0.1, 0.15) is 12.5 Å². The molecule has 0 aromatic heterocycles. The van der Waals surface area contributed by atoms with E-state index in [1.165, 1.54) is 7.11 Å². The molecule has 0 radical (unpaired) electrons. The van der Waals surface area contributed by atoms with Crippen molar-refractivity contribution in [2.24, 2.45) is 10.9 Å². The largest absolute Gasteiger partial charge is 0.469 e. The maximum absolute atomic E-state index is 11.4. The van der Waals surface area contributed by atoms with Crippen LogP contribution < -0.4 is 5.32 Å². The minimum absolute atomic E-state index is 0. The summed E-state index contributed by atoms with van der Waals surface area (Å²) in [7, 11) is 5.03. The van der Waals surface area contributed by atoms with Gasteiger partial charge in [0, 0.05) is 32.2 Å². The van der Waals surface area contributed by atoms with Gasteiger partial charge in [0.25, 0.3) is 0 Å². The van der Waals surface area contributed by atoms with Crippen molar-refractivity contribution in [3.8, 4) is 0 Å². The molecule has 1 N–H and O–H groups in total. The van der Waals surface area contributed by atoms with Crippen molar-refractivity contribution in [2.45, 2.75) is 13.5 Å². The van der Waals surface area contributed by atoms with Gasteiger partial charge in [-0.2, -0.15) is 0 Å². The Balaban J connectivity index is 0.00000441. The Hall–Kier alpha value is -1.02. The normalized spacial score (nSPS) is 12.1. The molecule has 1 aromatic carbocycles. The number of aliphatic imine (C=N–C) groups is 1. The number of hydrogen-bond donors (Lipinski definition) is 1. The van der Waals surface area contributed by atoms with Gasteiger partial charge >= 0.3 is 5.97 Å². The number of carbonyl (C=O) groups excluding carboxylic acids is 1. The number of nitrogens with one attached hydrogen (secondary N) is 1. The Morgan fingerprint density at radius 3 is 2.73 bits per heavy atom. The van der Waals surface area contributed by atoms with Crippen LogP contribution in [0.5, 0.6) is 0 Å². The van der Waals surface area contributed by atoms with Gasteiger partial charge in [-0.15, -0.1) is 24.0 Å². The number of halogens is 2. The highest BCUT2D eigenvalue weighted by Gasteiger charge is 2.14. The first kappa shape index (κ1) is 21.0. The number of ether oxygens (including phenoxy) is 1. The van der Waals surface area contributed by atoms with Gasteiger partial charge in [-0.1, -0.05) is 30.7 Å². The van der Waals surface area contributed by atoms with Gasteiger partial charge in [0.2, 0.25) is 0 Å². The molecule has 0 aliphatic rings. The zero-order valence-electron chi connectivity index (χ0n) is 13.3. The van der Waals surface area contributed by atoms with Gasteiger partial charge in [-0.05, 0) is 17.7 Å². The smallest absolute Gasteiger partial charge is 0.310 e. The lowest BCUT2D eigenvalue weighted by molar-refractivity contribution is -0.144. The van der Waals surface area contributed by atoms with Crippen LogP contribution in [0.25, 0.3) is 0 Å². The van der Waals surface area contributed by atoms with Crippen molar-refractivity contribution in [3.05, 3.63) is 34.9 Å². The predicted octanol–water partition coefficient (Wildman–Crippen LogP) is 2.77. The average Bonchev–Trinajstić information content (AvgIpc) is 2.46. The highest BCUT2D eigenvalue weighted by atomic mass is 127. The topological polar surface area (TPSA) is 53.9 Å². The number of guanidine groups is 1. The Morgan fingerprint density at radius 2 is 2.18 bits per heavy atom. The number of hydrogen-bond acceptors (Lipinski definition) is 3. The summed E-state index contributed by atoms with van der Waals surface area (Å²) in [4.78, 5) is 17.6. The zero-order valence-corrected chi connectivity index (χ0v) is 16.4. The highest BCUT2D eigenvalue weighted by molar-refractivity contribution is 14.0. The molecule has 0 saturated carbocycles. The second-order valence-corrected chi connectivity index (χ2v) is 5.27. The molecule has 0 aliphatic carbocycles. The van der Waals surface area contributed by atoms with E-state index < -0.39 is 0 Å². The number of carbonyl (C=O) groups is 1. The van der Waals surface area contributed by atoms with E-state index in [-0.39, 0.29) is 35.9 Å². The molecule has 1 rings (SSSR count). The predicted molar refractivity (Wildman–Crippen MR) is 101 cm³/mol. The molecule has 5 nitrogen and oxygen atoms in total. The summed E-state index contributed by atoms with van der Waals surface area (Å²) >= 11 is 5.98. The fourth-order valence-corrected chi connectivity index (χ4v) is 2.11. The van der Waals surface area contributed by atoms with E-state index in [0.29, 0.717) is 24.1 Å². The summed E-state index contributed by atoms with van der Waals surface area (Å²) in [6.07, 6.45) is 0. The van der Waals surface area contributed by atoms with Gasteiger partial charge in [-0.3, -0.25) is 9.79 Å². The van der Waals surface area contributed by atoms with Crippen LogP contribution in [0.2, 0.25) is 5.02 Å². The molecule has 0 fully saturated rings. The maximum atomic E-state index is 11.4. The molecular weight excluding hydrogens is 417 g/mol. The van der Waals surface area contributed by atoms with Crippen molar-refractivity contribution >= 4 is 47.5 Å².